The molecule has 0 aliphatic carbocycles. The zero-order valence-electron chi connectivity index (χ0n) is 15.6. The number of nitrogens with zero attached hydrogens (tertiary/aromatic N) is 1. The van der Waals surface area contributed by atoms with E-state index in [4.69, 9.17) is 0 Å². The Hall–Kier alpha value is -2.71. The van der Waals surface area contributed by atoms with Crippen LogP contribution in [0.1, 0.15) is 36.2 Å². The Bertz CT molecular complexity index is 886. The molecule has 0 spiro atoms. The average Bonchev–Trinajstić information content (AvgIpc) is 3.41. The van der Waals surface area contributed by atoms with Crippen molar-refractivity contribution in [3.05, 3.63) is 58.3 Å². The van der Waals surface area contributed by atoms with E-state index >= 15 is 0 Å². The zero-order chi connectivity index (χ0) is 19.7. The van der Waals surface area contributed by atoms with Gasteiger partial charge in [-0.15, -0.1) is 11.3 Å². The molecule has 2 aliphatic rings. The standard InChI is InChI=1S/C20H22N4O3S/c1-20(14-7-3-2-4-8-14)18(26)24(19(27)21-20)22-17(25)13-23-11-5-9-15(23)16-10-6-12-28-16/h2-4,6-8,10,12,15H,5,9,11,13H2,1H3,(H,21,27)(H,22,25)/p+1/t15-,20+/m1/s1. The van der Waals surface area contributed by atoms with Crippen LogP contribution in [0, 0.1) is 0 Å². The average molecular weight is 399 g/mol. The molecule has 1 aromatic heterocycles. The Labute approximate surface area is 167 Å². The molecule has 2 aliphatic heterocycles. The van der Waals surface area contributed by atoms with E-state index in [1.807, 2.05) is 29.6 Å². The molecule has 0 saturated carbocycles. The van der Waals surface area contributed by atoms with Crippen LogP contribution in [0.25, 0.3) is 0 Å². The summed E-state index contributed by atoms with van der Waals surface area (Å²) in [6.07, 6.45) is 2.10. The van der Waals surface area contributed by atoms with Crippen molar-refractivity contribution < 1.29 is 19.3 Å². The van der Waals surface area contributed by atoms with Crippen LogP contribution >= 0.6 is 11.3 Å². The molecule has 3 heterocycles. The normalized spacial score (nSPS) is 27.1. The van der Waals surface area contributed by atoms with Crippen molar-refractivity contribution in [3.8, 4) is 0 Å². The molecular formula is C20H23N4O3S+. The molecule has 146 valence electrons. The lowest BCUT2D eigenvalue weighted by molar-refractivity contribution is -0.910. The number of hydrogen-bond donors (Lipinski definition) is 3. The number of carbonyl (C=O) groups excluding carboxylic acids is 3. The fraction of sp³-hybridized carbons (Fsp3) is 0.350. The third-order valence-corrected chi connectivity index (χ3v) is 6.52. The molecule has 1 unspecified atom stereocenters. The predicted molar refractivity (Wildman–Crippen MR) is 104 cm³/mol. The van der Waals surface area contributed by atoms with Crippen molar-refractivity contribution in [1.29, 1.82) is 0 Å². The number of hydrogen-bond acceptors (Lipinski definition) is 4. The molecule has 0 bridgehead atoms. The smallest absolute Gasteiger partial charge is 0.320 e. The maximum Gasteiger partial charge on any atom is 0.344 e. The minimum atomic E-state index is -1.19. The van der Waals surface area contributed by atoms with Gasteiger partial charge in [-0.3, -0.25) is 15.0 Å². The molecular weight excluding hydrogens is 376 g/mol. The SMILES string of the molecule is C[C@@]1(c2ccccc2)NC(=O)N(NC(=O)C[NH+]2CCC[C@@H]2c2cccs2)C1=O. The van der Waals surface area contributed by atoms with Gasteiger partial charge in [0.2, 0.25) is 0 Å². The highest BCUT2D eigenvalue weighted by Crippen LogP contribution is 2.27. The number of imide groups is 1. The number of hydrazine groups is 1. The van der Waals surface area contributed by atoms with Gasteiger partial charge in [0.05, 0.1) is 11.4 Å². The molecule has 4 rings (SSSR count). The second-order valence-corrected chi connectivity index (χ2v) is 8.37. The lowest BCUT2D eigenvalue weighted by atomic mass is 9.92. The van der Waals surface area contributed by atoms with E-state index in [1.165, 1.54) is 4.88 Å². The first kappa shape index (κ1) is 18.6. The largest absolute Gasteiger partial charge is 0.344 e. The van der Waals surface area contributed by atoms with E-state index in [1.54, 1.807) is 30.4 Å². The Kier molecular flexibility index (Phi) is 4.91. The lowest BCUT2D eigenvalue weighted by Gasteiger charge is -2.23. The highest BCUT2D eigenvalue weighted by Gasteiger charge is 2.50. The number of carbonyl (C=O) groups is 3. The molecule has 4 amide bonds. The summed E-state index contributed by atoms with van der Waals surface area (Å²) in [6, 6.07) is 12.8. The molecule has 0 radical (unpaired) electrons. The van der Waals surface area contributed by atoms with E-state index in [2.05, 4.69) is 16.8 Å². The summed E-state index contributed by atoms with van der Waals surface area (Å²) < 4.78 is 0. The van der Waals surface area contributed by atoms with Crippen molar-refractivity contribution in [3.63, 3.8) is 0 Å². The van der Waals surface area contributed by atoms with Crippen LogP contribution in [0.2, 0.25) is 0 Å². The molecule has 8 heteroatoms. The Morgan fingerprint density at radius 1 is 1.29 bits per heavy atom. The van der Waals surface area contributed by atoms with E-state index in [0.29, 0.717) is 11.6 Å². The number of benzene rings is 1. The van der Waals surface area contributed by atoms with Crippen LogP contribution in [-0.2, 0) is 15.1 Å². The van der Waals surface area contributed by atoms with Crippen LogP contribution in [0.5, 0.6) is 0 Å². The molecule has 7 nitrogen and oxygen atoms in total. The van der Waals surface area contributed by atoms with Gasteiger partial charge in [0, 0.05) is 12.8 Å². The second-order valence-electron chi connectivity index (χ2n) is 7.39. The number of thiophene rings is 1. The summed E-state index contributed by atoms with van der Waals surface area (Å²) in [4.78, 5) is 40.3. The van der Waals surface area contributed by atoms with Crippen molar-refractivity contribution in [2.75, 3.05) is 13.1 Å². The molecule has 2 saturated heterocycles. The third-order valence-electron chi connectivity index (χ3n) is 5.54. The third kappa shape index (κ3) is 3.29. The van der Waals surface area contributed by atoms with Gasteiger partial charge in [0.15, 0.2) is 6.54 Å². The molecule has 28 heavy (non-hydrogen) atoms. The van der Waals surface area contributed by atoms with Gasteiger partial charge in [-0.25, -0.2) is 4.79 Å². The number of amides is 4. The molecule has 3 atom stereocenters. The molecule has 2 aromatic rings. The van der Waals surface area contributed by atoms with Gasteiger partial charge in [-0.1, -0.05) is 36.4 Å². The Balaban J connectivity index is 1.43. The summed E-state index contributed by atoms with van der Waals surface area (Å²) in [7, 11) is 0. The fourth-order valence-corrected chi connectivity index (χ4v) is 4.95. The highest BCUT2D eigenvalue weighted by molar-refractivity contribution is 7.10. The summed E-state index contributed by atoms with van der Waals surface area (Å²) in [5, 5.41) is 5.55. The van der Waals surface area contributed by atoms with Gasteiger partial charge in [0.1, 0.15) is 11.6 Å². The summed E-state index contributed by atoms with van der Waals surface area (Å²) in [5.74, 6) is -0.817. The van der Waals surface area contributed by atoms with Crippen molar-refractivity contribution in [1.82, 2.24) is 15.8 Å². The Morgan fingerprint density at radius 2 is 2.07 bits per heavy atom. The fourth-order valence-electron chi connectivity index (χ4n) is 4.03. The van der Waals surface area contributed by atoms with Crippen LogP contribution in [0.3, 0.4) is 0 Å². The van der Waals surface area contributed by atoms with E-state index in [-0.39, 0.29) is 12.5 Å². The van der Waals surface area contributed by atoms with Crippen molar-refractivity contribution >= 4 is 29.2 Å². The number of nitrogens with one attached hydrogen (secondary N) is 3. The van der Waals surface area contributed by atoms with Crippen LogP contribution in [0.15, 0.2) is 47.8 Å². The highest BCUT2D eigenvalue weighted by atomic mass is 32.1. The first-order valence-electron chi connectivity index (χ1n) is 9.39. The van der Waals surface area contributed by atoms with Gasteiger partial charge in [-0.05, 0) is 23.9 Å². The topological polar surface area (TPSA) is 83.0 Å². The maximum atomic E-state index is 12.9. The van der Waals surface area contributed by atoms with Crippen LogP contribution in [0.4, 0.5) is 4.79 Å². The number of quaternary nitrogens is 1. The zero-order valence-corrected chi connectivity index (χ0v) is 16.4. The van der Waals surface area contributed by atoms with E-state index in [0.717, 1.165) is 29.3 Å². The predicted octanol–water partition coefficient (Wildman–Crippen LogP) is 0.966. The van der Waals surface area contributed by atoms with Gasteiger partial charge in [0.25, 0.3) is 11.8 Å². The lowest BCUT2D eigenvalue weighted by Crippen LogP contribution is -3.11. The quantitative estimate of drug-likeness (QED) is 0.655. The maximum absolute atomic E-state index is 12.9. The molecule has 1 aromatic carbocycles. The van der Waals surface area contributed by atoms with E-state index in [9.17, 15) is 14.4 Å². The first-order chi connectivity index (χ1) is 13.5. The van der Waals surface area contributed by atoms with Gasteiger partial charge < -0.3 is 10.2 Å². The number of urea groups is 1. The first-order valence-corrected chi connectivity index (χ1v) is 10.3. The minimum Gasteiger partial charge on any atom is -0.320 e. The number of rotatable bonds is 5. The van der Waals surface area contributed by atoms with E-state index < -0.39 is 17.5 Å². The van der Waals surface area contributed by atoms with Crippen molar-refractivity contribution in [2.45, 2.75) is 31.3 Å². The second kappa shape index (κ2) is 7.37. The van der Waals surface area contributed by atoms with Crippen LogP contribution in [-0.4, -0.2) is 35.9 Å². The Morgan fingerprint density at radius 3 is 2.79 bits per heavy atom. The minimum absolute atomic E-state index is 0.224. The summed E-state index contributed by atoms with van der Waals surface area (Å²) in [6.45, 7) is 2.77. The summed E-state index contributed by atoms with van der Waals surface area (Å²) >= 11 is 1.70. The monoisotopic (exact) mass is 399 g/mol. The van der Waals surface area contributed by atoms with Gasteiger partial charge in [-0.2, -0.15) is 5.01 Å². The van der Waals surface area contributed by atoms with Crippen LogP contribution < -0.4 is 15.6 Å². The van der Waals surface area contributed by atoms with Crippen molar-refractivity contribution in [2.24, 2.45) is 0 Å². The molecule has 3 N–H and O–H groups in total. The number of likely N-dealkylation sites (tertiary alicyclic amines) is 1. The van der Waals surface area contributed by atoms with Gasteiger partial charge >= 0.3 is 6.03 Å². The summed E-state index contributed by atoms with van der Waals surface area (Å²) in [5.41, 5.74) is 2.00. The molecule has 2 fully saturated rings.